The fourth-order valence-corrected chi connectivity index (χ4v) is 6.03. The molecular weight excluding hydrogens is 440 g/mol. The van der Waals surface area contributed by atoms with Gasteiger partial charge in [-0.25, -0.2) is 4.79 Å². The zero-order valence-electron chi connectivity index (χ0n) is 18.6. The number of hydrogen-bond acceptors (Lipinski definition) is 5. The number of carboxylic acid groups (broad SMARTS) is 1. The van der Waals surface area contributed by atoms with E-state index in [4.69, 9.17) is 4.74 Å². The highest BCUT2D eigenvalue weighted by molar-refractivity contribution is 7.15. The number of nitrogens with one attached hydrogen (secondary N) is 1. The van der Waals surface area contributed by atoms with Crippen molar-refractivity contribution in [3.63, 3.8) is 0 Å². The number of benzene rings is 1. The number of fused-ring (bicyclic) bond motifs is 2. The van der Waals surface area contributed by atoms with Crippen LogP contribution in [0.5, 0.6) is 5.75 Å². The van der Waals surface area contributed by atoms with E-state index in [1.165, 1.54) is 11.1 Å². The van der Waals surface area contributed by atoms with Crippen LogP contribution in [0.3, 0.4) is 0 Å². The maximum Gasteiger partial charge on any atom is 0.341 e. The Morgan fingerprint density at radius 3 is 2.73 bits per heavy atom. The molecule has 1 saturated carbocycles. The quantitative estimate of drug-likeness (QED) is 0.550. The number of thiophene rings is 1. The number of carbonyl (C=O) groups excluding carboxylic acids is 1. The van der Waals surface area contributed by atoms with Gasteiger partial charge in [-0.2, -0.15) is 0 Å². The summed E-state index contributed by atoms with van der Waals surface area (Å²) >= 11 is 1.69. The minimum atomic E-state index is -1.22. The van der Waals surface area contributed by atoms with Crippen LogP contribution in [0.2, 0.25) is 0 Å². The first-order valence-electron chi connectivity index (χ1n) is 11.3. The summed E-state index contributed by atoms with van der Waals surface area (Å²) in [5.74, 6) is -0.585. The standard InChI is InChI=1S/C25H26N2O5S/c1-3-21(28)26-18-5-4-6-19-16(18)11-20(33-19)14-9-10-15-22(24(14)32-2)27(13-7-8-13)12-17(23(15)29)25(30)31/h9-13,18H,3-8H2,1-2H3,(H,26,28)(H,30,31). The first kappa shape index (κ1) is 21.7. The smallest absolute Gasteiger partial charge is 0.341 e. The normalized spacial score (nSPS) is 17.6. The molecule has 0 spiro atoms. The van der Waals surface area contributed by atoms with Gasteiger partial charge in [-0.05, 0) is 55.9 Å². The highest BCUT2D eigenvalue weighted by Crippen LogP contribution is 2.46. The lowest BCUT2D eigenvalue weighted by Crippen LogP contribution is -2.29. The number of nitrogens with zero attached hydrogens (tertiary/aromatic N) is 1. The SMILES string of the molecule is CCC(=O)NC1CCCc2sc(-c3ccc4c(=O)c(C(=O)O)cn(C5CC5)c4c3OC)cc21. The molecular formula is C25H26N2O5S. The molecule has 1 fully saturated rings. The van der Waals surface area contributed by atoms with Gasteiger partial charge in [0.05, 0.1) is 24.1 Å². The van der Waals surface area contributed by atoms with E-state index in [1.54, 1.807) is 24.5 Å². The van der Waals surface area contributed by atoms with Crippen molar-refractivity contribution in [3.05, 3.63) is 50.6 Å². The predicted molar refractivity (Wildman–Crippen MR) is 127 cm³/mol. The fourth-order valence-electron chi connectivity index (χ4n) is 4.75. The van der Waals surface area contributed by atoms with Crippen LogP contribution in [0, 0.1) is 0 Å². The molecule has 0 radical (unpaired) electrons. The molecule has 2 aliphatic carbocycles. The molecule has 1 aromatic carbocycles. The number of amides is 1. The summed E-state index contributed by atoms with van der Waals surface area (Å²) in [4.78, 5) is 38.9. The molecule has 2 heterocycles. The summed E-state index contributed by atoms with van der Waals surface area (Å²) in [6.07, 6.45) is 6.72. The van der Waals surface area contributed by atoms with E-state index in [1.807, 2.05) is 17.6 Å². The van der Waals surface area contributed by atoms with Gasteiger partial charge in [0.2, 0.25) is 11.3 Å². The maximum absolute atomic E-state index is 12.9. The number of aromatic carboxylic acids is 1. The third-order valence-corrected chi connectivity index (χ3v) is 7.80. The molecule has 2 aromatic heterocycles. The lowest BCUT2D eigenvalue weighted by atomic mass is 9.93. The van der Waals surface area contributed by atoms with Gasteiger partial charge in [0, 0.05) is 34.0 Å². The van der Waals surface area contributed by atoms with E-state index >= 15 is 0 Å². The molecule has 33 heavy (non-hydrogen) atoms. The number of rotatable bonds is 6. The van der Waals surface area contributed by atoms with E-state index in [0.29, 0.717) is 23.1 Å². The minimum absolute atomic E-state index is 0.0143. The van der Waals surface area contributed by atoms with Gasteiger partial charge in [-0.3, -0.25) is 9.59 Å². The summed E-state index contributed by atoms with van der Waals surface area (Å²) < 4.78 is 7.76. The number of hydrogen-bond donors (Lipinski definition) is 2. The van der Waals surface area contributed by atoms with Gasteiger partial charge in [-0.15, -0.1) is 11.3 Å². The van der Waals surface area contributed by atoms with E-state index in [-0.39, 0.29) is 23.6 Å². The Bertz CT molecular complexity index is 1330. The van der Waals surface area contributed by atoms with Crippen molar-refractivity contribution < 1.29 is 19.4 Å². The Hall–Kier alpha value is -3.13. The van der Waals surface area contributed by atoms with Crippen LogP contribution in [0.15, 0.2) is 29.2 Å². The van der Waals surface area contributed by atoms with Crippen molar-refractivity contribution in [2.45, 2.75) is 57.5 Å². The summed E-state index contributed by atoms with van der Waals surface area (Å²) in [5.41, 5.74) is 1.97. The number of ether oxygens (including phenoxy) is 1. The van der Waals surface area contributed by atoms with Crippen molar-refractivity contribution in [2.24, 2.45) is 0 Å². The van der Waals surface area contributed by atoms with Gasteiger partial charge in [-0.1, -0.05) is 6.92 Å². The monoisotopic (exact) mass is 466 g/mol. The van der Waals surface area contributed by atoms with Crippen LogP contribution >= 0.6 is 11.3 Å². The largest absolute Gasteiger partial charge is 0.494 e. The van der Waals surface area contributed by atoms with Crippen LogP contribution in [-0.2, 0) is 11.2 Å². The molecule has 0 bridgehead atoms. The second-order valence-electron chi connectivity index (χ2n) is 8.71. The van der Waals surface area contributed by atoms with Gasteiger partial charge in [0.1, 0.15) is 5.56 Å². The third-order valence-electron chi connectivity index (χ3n) is 6.56. The van der Waals surface area contributed by atoms with Gasteiger partial charge >= 0.3 is 5.97 Å². The minimum Gasteiger partial charge on any atom is -0.494 e. The Morgan fingerprint density at radius 2 is 2.06 bits per heavy atom. The molecule has 0 saturated heterocycles. The van der Waals surface area contributed by atoms with Crippen molar-refractivity contribution in [1.29, 1.82) is 0 Å². The topological polar surface area (TPSA) is 97.6 Å². The second kappa shape index (κ2) is 8.33. The molecule has 8 heteroatoms. The molecule has 5 rings (SSSR count). The first-order chi connectivity index (χ1) is 15.9. The lowest BCUT2D eigenvalue weighted by Gasteiger charge is -2.23. The summed E-state index contributed by atoms with van der Waals surface area (Å²) in [6.45, 7) is 1.85. The highest BCUT2D eigenvalue weighted by Gasteiger charge is 2.30. The molecule has 2 aliphatic rings. The summed E-state index contributed by atoms with van der Waals surface area (Å²) in [5, 5.41) is 13.0. The van der Waals surface area contributed by atoms with Crippen LogP contribution in [0.4, 0.5) is 0 Å². The van der Waals surface area contributed by atoms with Crippen LogP contribution < -0.4 is 15.5 Å². The van der Waals surface area contributed by atoms with Crippen molar-refractivity contribution in [2.75, 3.05) is 7.11 Å². The zero-order valence-corrected chi connectivity index (χ0v) is 19.5. The van der Waals surface area contributed by atoms with Crippen LogP contribution in [-0.4, -0.2) is 28.7 Å². The van der Waals surface area contributed by atoms with E-state index in [9.17, 15) is 19.5 Å². The average Bonchev–Trinajstić information content (AvgIpc) is 3.56. The number of methoxy groups -OCH3 is 1. The Morgan fingerprint density at radius 1 is 1.27 bits per heavy atom. The zero-order chi connectivity index (χ0) is 23.3. The molecule has 1 atom stereocenters. The molecule has 172 valence electrons. The number of aromatic nitrogens is 1. The number of pyridine rings is 1. The molecule has 0 aliphatic heterocycles. The van der Waals surface area contributed by atoms with Crippen molar-refractivity contribution in [1.82, 2.24) is 9.88 Å². The maximum atomic E-state index is 12.9. The fraction of sp³-hybridized carbons (Fsp3) is 0.400. The molecule has 1 amide bonds. The summed E-state index contributed by atoms with van der Waals surface area (Å²) in [6, 6.07) is 5.88. The summed E-state index contributed by atoms with van der Waals surface area (Å²) in [7, 11) is 1.59. The Balaban J connectivity index is 1.68. The molecule has 7 nitrogen and oxygen atoms in total. The van der Waals surface area contributed by atoms with E-state index < -0.39 is 11.4 Å². The van der Waals surface area contributed by atoms with Crippen LogP contribution in [0.1, 0.15) is 71.9 Å². The van der Waals surface area contributed by atoms with Crippen molar-refractivity contribution >= 4 is 34.1 Å². The Kier molecular flexibility index (Phi) is 5.48. The van der Waals surface area contributed by atoms with Crippen molar-refractivity contribution in [3.8, 4) is 16.2 Å². The number of carboxylic acids is 1. The second-order valence-corrected chi connectivity index (χ2v) is 9.85. The molecule has 2 N–H and O–H groups in total. The van der Waals surface area contributed by atoms with Gasteiger partial charge in [0.25, 0.3) is 0 Å². The molecule has 3 aromatic rings. The average molecular weight is 467 g/mol. The van der Waals surface area contributed by atoms with E-state index in [0.717, 1.165) is 48.1 Å². The highest BCUT2D eigenvalue weighted by atomic mass is 32.1. The first-order valence-corrected chi connectivity index (χ1v) is 12.2. The van der Waals surface area contributed by atoms with E-state index in [2.05, 4.69) is 11.4 Å². The third kappa shape index (κ3) is 3.72. The predicted octanol–water partition coefficient (Wildman–Crippen LogP) is 4.68. The van der Waals surface area contributed by atoms with Crippen LogP contribution in [0.25, 0.3) is 21.3 Å². The lowest BCUT2D eigenvalue weighted by molar-refractivity contribution is -0.121. The number of carbonyl (C=O) groups is 2. The van der Waals surface area contributed by atoms with Gasteiger partial charge in [0.15, 0.2) is 5.75 Å². The molecule has 1 unspecified atom stereocenters. The Labute approximate surface area is 195 Å². The number of aryl methyl sites for hydroxylation is 1. The van der Waals surface area contributed by atoms with Gasteiger partial charge < -0.3 is 19.7 Å².